The molecule has 1 heterocycles. The minimum atomic E-state index is -3.21. The normalized spacial score (nSPS) is 12.8. The molecule has 0 radical (unpaired) electrons. The second kappa shape index (κ2) is 8.15. The molecule has 1 atom stereocenters. The first kappa shape index (κ1) is 19.7. The van der Waals surface area contributed by atoms with Crippen LogP contribution in [0.3, 0.4) is 0 Å². The van der Waals surface area contributed by atoms with Crippen molar-refractivity contribution < 1.29 is 13.2 Å². The minimum Gasteiger partial charge on any atom is -0.345 e. The summed E-state index contributed by atoms with van der Waals surface area (Å²) in [7, 11) is -3.21. The van der Waals surface area contributed by atoms with Crippen molar-refractivity contribution in [2.24, 2.45) is 0 Å². The highest BCUT2D eigenvalue weighted by Gasteiger charge is 2.16. The van der Waals surface area contributed by atoms with Crippen LogP contribution >= 0.6 is 11.3 Å². The Morgan fingerprint density at radius 1 is 1.20 bits per heavy atom. The molecule has 2 rings (SSSR count). The monoisotopic (exact) mass is 379 g/mol. The fourth-order valence-corrected chi connectivity index (χ4v) is 4.56. The lowest BCUT2D eigenvalue weighted by Gasteiger charge is -2.14. The number of hydrogen-bond donors (Lipinski definition) is 1. The van der Waals surface area contributed by atoms with Gasteiger partial charge in [0.25, 0.3) is 5.91 Å². The van der Waals surface area contributed by atoms with Crippen LogP contribution in [0, 0.1) is 0 Å². The summed E-state index contributed by atoms with van der Waals surface area (Å²) >= 11 is 1.57. The largest absolute Gasteiger partial charge is 0.345 e. The summed E-state index contributed by atoms with van der Waals surface area (Å²) in [5.74, 6) is -0.0817. The van der Waals surface area contributed by atoms with E-state index >= 15 is 0 Å². The van der Waals surface area contributed by atoms with Crippen LogP contribution in [-0.2, 0) is 22.7 Å². The summed E-state index contributed by atoms with van der Waals surface area (Å²) in [6, 6.07) is 8.44. The van der Waals surface area contributed by atoms with Crippen LogP contribution in [-0.4, -0.2) is 20.6 Å². The Labute approximate surface area is 154 Å². The second-order valence-electron chi connectivity index (χ2n) is 6.20. The average molecular weight is 380 g/mol. The summed E-state index contributed by atoms with van der Waals surface area (Å²) in [5.41, 5.74) is 2.13. The molecule has 0 fully saturated rings. The molecule has 6 heteroatoms. The van der Waals surface area contributed by atoms with Gasteiger partial charge in [-0.15, -0.1) is 11.3 Å². The summed E-state index contributed by atoms with van der Waals surface area (Å²) in [4.78, 5) is 14.9. The Bertz CT molecular complexity index is 836. The number of thiophene rings is 1. The first-order valence-electron chi connectivity index (χ1n) is 8.48. The number of carbonyl (C=O) groups is 1. The molecule has 0 aliphatic rings. The third-order valence-electron chi connectivity index (χ3n) is 4.13. The molecule has 4 nitrogen and oxygen atoms in total. The Morgan fingerprint density at radius 2 is 1.84 bits per heavy atom. The zero-order valence-corrected chi connectivity index (χ0v) is 16.8. The number of aryl methyl sites for hydroxylation is 2. The zero-order chi connectivity index (χ0) is 18.6. The van der Waals surface area contributed by atoms with Gasteiger partial charge in [0.1, 0.15) is 0 Å². The van der Waals surface area contributed by atoms with Crippen LogP contribution in [0.2, 0.25) is 0 Å². The van der Waals surface area contributed by atoms with E-state index in [0.717, 1.165) is 29.7 Å². The number of rotatable bonds is 7. The van der Waals surface area contributed by atoms with Gasteiger partial charge in [0, 0.05) is 11.1 Å². The Kier molecular flexibility index (Phi) is 6.41. The van der Waals surface area contributed by atoms with Crippen LogP contribution in [0.5, 0.6) is 0 Å². The Balaban J connectivity index is 2.12. The lowest BCUT2D eigenvalue weighted by Crippen LogP contribution is -2.25. The van der Waals surface area contributed by atoms with Gasteiger partial charge in [0.05, 0.1) is 15.8 Å². The van der Waals surface area contributed by atoms with Gasteiger partial charge in [-0.05, 0) is 49.1 Å². The molecule has 1 aromatic carbocycles. The number of benzene rings is 1. The van der Waals surface area contributed by atoms with Crippen molar-refractivity contribution in [1.82, 2.24) is 5.32 Å². The van der Waals surface area contributed by atoms with Crippen LogP contribution in [0.25, 0.3) is 0 Å². The molecule has 0 saturated heterocycles. The topological polar surface area (TPSA) is 63.2 Å². The van der Waals surface area contributed by atoms with Crippen molar-refractivity contribution in [1.29, 1.82) is 0 Å². The van der Waals surface area contributed by atoms with Crippen molar-refractivity contribution >= 4 is 27.1 Å². The summed E-state index contributed by atoms with van der Waals surface area (Å²) in [6.45, 7) is 6.14. The molecule has 2 aromatic rings. The predicted molar refractivity (Wildman–Crippen MR) is 103 cm³/mol. The number of amides is 1. The Hall–Kier alpha value is -1.66. The summed E-state index contributed by atoms with van der Waals surface area (Å²) in [6.07, 6.45) is 4.19. The van der Waals surface area contributed by atoms with E-state index in [1.54, 1.807) is 35.6 Å². The van der Waals surface area contributed by atoms with Crippen molar-refractivity contribution in [3.63, 3.8) is 0 Å². The number of hydrogen-bond acceptors (Lipinski definition) is 4. The van der Waals surface area contributed by atoms with Crippen LogP contribution in [0.4, 0.5) is 0 Å². The van der Waals surface area contributed by atoms with Gasteiger partial charge < -0.3 is 5.32 Å². The maximum absolute atomic E-state index is 12.5. The van der Waals surface area contributed by atoms with Crippen molar-refractivity contribution in [3.05, 3.63) is 51.2 Å². The fraction of sp³-hybridized carbons (Fsp3) is 0.421. The smallest absolute Gasteiger partial charge is 0.261 e. The number of carbonyl (C=O) groups excluding carboxylic acids is 1. The molecule has 25 heavy (non-hydrogen) atoms. The van der Waals surface area contributed by atoms with Gasteiger partial charge in [-0.3, -0.25) is 4.79 Å². The quantitative estimate of drug-likeness (QED) is 0.786. The Morgan fingerprint density at radius 3 is 2.36 bits per heavy atom. The molecule has 0 bridgehead atoms. The molecule has 0 spiro atoms. The van der Waals surface area contributed by atoms with E-state index in [-0.39, 0.29) is 16.8 Å². The van der Waals surface area contributed by atoms with Gasteiger partial charge >= 0.3 is 0 Å². The van der Waals surface area contributed by atoms with E-state index in [2.05, 4.69) is 19.2 Å². The third-order valence-corrected chi connectivity index (χ3v) is 6.50. The molecule has 136 valence electrons. The highest BCUT2D eigenvalue weighted by Crippen LogP contribution is 2.25. The van der Waals surface area contributed by atoms with Crippen molar-refractivity contribution in [2.45, 2.75) is 51.0 Å². The maximum atomic E-state index is 12.5. The van der Waals surface area contributed by atoms with E-state index in [0.29, 0.717) is 0 Å². The SMILES string of the molecule is CCCc1sc(C(=O)NC(C)c2ccc(S(C)(=O)=O)cc2)cc1CC. The first-order chi connectivity index (χ1) is 11.8. The lowest BCUT2D eigenvalue weighted by atomic mass is 10.1. The third kappa shape index (κ3) is 4.92. The van der Waals surface area contributed by atoms with E-state index < -0.39 is 9.84 Å². The van der Waals surface area contributed by atoms with E-state index in [1.165, 1.54) is 16.7 Å². The summed E-state index contributed by atoms with van der Waals surface area (Å²) < 4.78 is 23.0. The summed E-state index contributed by atoms with van der Waals surface area (Å²) in [5, 5.41) is 3.00. The fourth-order valence-electron chi connectivity index (χ4n) is 2.67. The molecule has 1 N–H and O–H groups in total. The number of nitrogens with one attached hydrogen (secondary N) is 1. The van der Waals surface area contributed by atoms with E-state index in [9.17, 15) is 13.2 Å². The van der Waals surface area contributed by atoms with Crippen molar-refractivity contribution in [2.75, 3.05) is 6.26 Å². The number of sulfone groups is 1. The lowest BCUT2D eigenvalue weighted by molar-refractivity contribution is 0.0944. The highest BCUT2D eigenvalue weighted by molar-refractivity contribution is 7.90. The average Bonchev–Trinajstić information content (AvgIpc) is 2.97. The molecule has 0 aliphatic heterocycles. The van der Waals surface area contributed by atoms with Crippen LogP contribution in [0.1, 0.15) is 58.9 Å². The second-order valence-corrected chi connectivity index (χ2v) is 9.35. The molecule has 1 amide bonds. The van der Waals surface area contributed by atoms with Gasteiger partial charge in [-0.2, -0.15) is 0 Å². The molecule has 0 saturated carbocycles. The van der Waals surface area contributed by atoms with E-state index in [1.807, 2.05) is 13.0 Å². The van der Waals surface area contributed by atoms with E-state index in [4.69, 9.17) is 0 Å². The van der Waals surface area contributed by atoms with Gasteiger partial charge in [-0.25, -0.2) is 8.42 Å². The molecule has 1 aromatic heterocycles. The molecule has 1 unspecified atom stereocenters. The molecular weight excluding hydrogens is 354 g/mol. The van der Waals surface area contributed by atoms with Crippen LogP contribution in [0.15, 0.2) is 35.2 Å². The van der Waals surface area contributed by atoms with Gasteiger partial charge in [0.2, 0.25) is 0 Å². The highest BCUT2D eigenvalue weighted by atomic mass is 32.2. The molecule has 0 aliphatic carbocycles. The van der Waals surface area contributed by atoms with Crippen molar-refractivity contribution in [3.8, 4) is 0 Å². The molecular formula is C19H25NO3S2. The predicted octanol–water partition coefficient (Wildman–Crippen LogP) is 4.16. The van der Waals surface area contributed by atoms with Gasteiger partial charge in [0.15, 0.2) is 9.84 Å². The zero-order valence-electron chi connectivity index (χ0n) is 15.1. The standard InChI is InChI=1S/C19H25NO3S2/c1-5-7-17-14(6-2)12-18(24-17)19(21)20-13(3)15-8-10-16(11-9-15)25(4,22)23/h8-13H,5-7H2,1-4H3,(H,20,21). The minimum absolute atomic E-state index is 0.0817. The van der Waals surface area contributed by atoms with Crippen LogP contribution < -0.4 is 5.32 Å². The maximum Gasteiger partial charge on any atom is 0.261 e. The van der Waals surface area contributed by atoms with Gasteiger partial charge in [-0.1, -0.05) is 32.4 Å². The first-order valence-corrected chi connectivity index (χ1v) is 11.2.